The standard InChI is InChI=1S/C21H27ClN6O2/c22-17-11-26-19(28-21(29)14-4-3-6-23-9-14)8-16(17)18-12-24-13-20(27-18)25-10-15-5-1-2-7-30-15/h8,11-15,23H,1-7,9-10H2,(H,25,27)(H,26,28,29)/t14-,15?/m1/s1. The molecule has 2 aliphatic heterocycles. The fraction of sp³-hybridized carbons (Fsp3) is 0.524. The van der Waals surface area contributed by atoms with Gasteiger partial charge >= 0.3 is 0 Å². The zero-order valence-corrected chi connectivity index (χ0v) is 17.6. The van der Waals surface area contributed by atoms with E-state index in [-0.39, 0.29) is 17.9 Å². The van der Waals surface area contributed by atoms with Crippen LogP contribution < -0.4 is 16.0 Å². The van der Waals surface area contributed by atoms with Crippen LogP contribution in [0.25, 0.3) is 11.3 Å². The smallest absolute Gasteiger partial charge is 0.229 e. The summed E-state index contributed by atoms with van der Waals surface area (Å²) in [5, 5.41) is 9.91. The van der Waals surface area contributed by atoms with Crippen LogP contribution in [0.15, 0.2) is 24.7 Å². The average Bonchev–Trinajstić information content (AvgIpc) is 2.80. The molecule has 2 fully saturated rings. The van der Waals surface area contributed by atoms with E-state index in [4.69, 9.17) is 16.3 Å². The quantitative estimate of drug-likeness (QED) is 0.647. The van der Waals surface area contributed by atoms with Gasteiger partial charge in [-0.05, 0) is 44.7 Å². The van der Waals surface area contributed by atoms with E-state index in [0.29, 0.717) is 41.0 Å². The van der Waals surface area contributed by atoms with Gasteiger partial charge in [-0.25, -0.2) is 9.97 Å². The predicted octanol–water partition coefficient (Wildman–Crippen LogP) is 3.11. The predicted molar refractivity (Wildman–Crippen MR) is 117 cm³/mol. The van der Waals surface area contributed by atoms with Crippen molar-refractivity contribution in [3.05, 3.63) is 29.7 Å². The summed E-state index contributed by atoms with van der Waals surface area (Å²) in [6.07, 6.45) is 10.3. The molecule has 0 aliphatic carbocycles. The molecule has 0 spiro atoms. The summed E-state index contributed by atoms with van der Waals surface area (Å²) in [4.78, 5) is 25.7. The van der Waals surface area contributed by atoms with Crippen molar-refractivity contribution in [1.82, 2.24) is 20.3 Å². The summed E-state index contributed by atoms with van der Waals surface area (Å²) >= 11 is 6.37. The minimum atomic E-state index is -0.0472. The van der Waals surface area contributed by atoms with Gasteiger partial charge in [0.15, 0.2) is 0 Å². The topological polar surface area (TPSA) is 101 Å². The summed E-state index contributed by atoms with van der Waals surface area (Å²) in [5.74, 6) is 1.04. The molecule has 4 rings (SSSR count). The van der Waals surface area contributed by atoms with Crippen LogP contribution in [0.5, 0.6) is 0 Å². The van der Waals surface area contributed by atoms with Gasteiger partial charge in [0, 0.05) is 31.5 Å². The van der Waals surface area contributed by atoms with Crippen LogP contribution >= 0.6 is 11.6 Å². The third-order valence-electron chi connectivity index (χ3n) is 5.47. The van der Waals surface area contributed by atoms with Crippen LogP contribution in [0, 0.1) is 5.92 Å². The van der Waals surface area contributed by atoms with E-state index in [9.17, 15) is 4.79 Å². The monoisotopic (exact) mass is 430 g/mol. The number of ether oxygens (including phenoxy) is 1. The number of anilines is 2. The van der Waals surface area contributed by atoms with Crippen molar-refractivity contribution in [2.45, 2.75) is 38.2 Å². The molecule has 0 radical (unpaired) electrons. The van der Waals surface area contributed by atoms with Crippen molar-refractivity contribution < 1.29 is 9.53 Å². The Morgan fingerprint density at radius 1 is 1.20 bits per heavy atom. The highest BCUT2D eigenvalue weighted by atomic mass is 35.5. The first-order valence-electron chi connectivity index (χ1n) is 10.5. The molecule has 8 nitrogen and oxygen atoms in total. The molecule has 30 heavy (non-hydrogen) atoms. The van der Waals surface area contributed by atoms with E-state index in [1.165, 1.54) is 12.6 Å². The van der Waals surface area contributed by atoms with Crippen LogP contribution in [0.4, 0.5) is 11.6 Å². The molecule has 0 saturated carbocycles. The summed E-state index contributed by atoms with van der Waals surface area (Å²) < 4.78 is 5.75. The van der Waals surface area contributed by atoms with Gasteiger partial charge in [-0.1, -0.05) is 11.6 Å². The Bertz CT molecular complexity index is 868. The molecule has 1 unspecified atom stereocenters. The van der Waals surface area contributed by atoms with E-state index in [0.717, 1.165) is 38.8 Å². The summed E-state index contributed by atoms with van der Waals surface area (Å²) in [5.41, 5.74) is 1.29. The first-order valence-corrected chi connectivity index (χ1v) is 10.9. The molecular weight excluding hydrogens is 404 g/mol. The van der Waals surface area contributed by atoms with Gasteiger partial charge in [-0.3, -0.25) is 9.78 Å². The summed E-state index contributed by atoms with van der Waals surface area (Å²) in [7, 11) is 0. The Kier molecular flexibility index (Phi) is 7.09. The Hall–Kier alpha value is -2.29. The van der Waals surface area contributed by atoms with Crippen molar-refractivity contribution in [3.8, 4) is 11.3 Å². The van der Waals surface area contributed by atoms with Crippen molar-refractivity contribution in [2.75, 3.05) is 36.9 Å². The number of carbonyl (C=O) groups is 1. The lowest BCUT2D eigenvalue weighted by atomic mass is 9.99. The maximum atomic E-state index is 12.5. The van der Waals surface area contributed by atoms with Gasteiger partial charge in [0.05, 0.1) is 35.1 Å². The molecule has 9 heteroatoms. The number of halogens is 1. The molecule has 4 heterocycles. The number of rotatable bonds is 6. The maximum Gasteiger partial charge on any atom is 0.229 e. The number of hydrogen-bond acceptors (Lipinski definition) is 7. The van der Waals surface area contributed by atoms with E-state index < -0.39 is 0 Å². The third-order valence-corrected chi connectivity index (χ3v) is 5.77. The number of piperidine rings is 1. The van der Waals surface area contributed by atoms with E-state index >= 15 is 0 Å². The number of carbonyl (C=O) groups excluding carboxylic acids is 1. The van der Waals surface area contributed by atoms with E-state index in [1.807, 2.05) is 0 Å². The Labute approximate surface area is 181 Å². The van der Waals surface area contributed by atoms with Crippen molar-refractivity contribution in [2.24, 2.45) is 5.92 Å². The number of amides is 1. The molecule has 0 bridgehead atoms. The minimum Gasteiger partial charge on any atom is -0.376 e. The number of pyridine rings is 1. The number of aromatic nitrogens is 3. The zero-order chi connectivity index (χ0) is 20.8. The second kappa shape index (κ2) is 10.1. The van der Waals surface area contributed by atoms with Crippen molar-refractivity contribution in [1.29, 1.82) is 0 Å². The molecule has 0 aromatic carbocycles. The van der Waals surface area contributed by atoms with Crippen molar-refractivity contribution >= 4 is 29.1 Å². The fourth-order valence-corrected chi connectivity index (χ4v) is 3.98. The van der Waals surface area contributed by atoms with Gasteiger partial charge in [-0.2, -0.15) is 0 Å². The molecule has 2 saturated heterocycles. The lowest BCUT2D eigenvalue weighted by Crippen LogP contribution is -2.37. The first kappa shape index (κ1) is 21.0. The Balaban J connectivity index is 1.45. The molecule has 160 valence electrons. The summed E-state index contributed by atoms with van der Waals surface area (Å²) in [6.45, 7) is 3.16. The molecule has 2 aromatic heterocycles. The SMILES string of the molecule is O=C(Nc1cc(-c2cncc(NCC3CCCCO3)n2)c(Cl)cn1)[C@@H]1CCCNC1. The van der Waals surface area contributed by atoms with Gasteiger partial charge in [-0.15, -0.1) is 0 Å². The third kappa shape index (κ3) is 5.44. The largest absolute Gasteiger partial charge is 0.376 e. The lowest BCUT2D eigenvalue weighted by Gasteiger charge is -2.23. The van der Waals surface area contributed by atoms with Crippen LogP contribution in [-0.4, -0.2) is 53.2 Å². The molecule has 2 aliphatic rings. The van der Waals surface area contributed by atoms with Gasteiger partial charge in [0.25, 0.3) is 0 Å². The Morgan fingerprint density at radius 3 is 2.93 bits per heavy atom. The summed E-state index contributed by atoms with van der Waals surface area (Å²) in [6, 6.07) is 1.74. The minimum absolute atomic E-state index is 0.0306. The van der Waals surface area contributed by atoms with Crippen LogP contribution in [-0.2, 0) is 9.53 Å². The highest BCUT2D eigenvalue weighted by molar-refractivity contribution is 6.33. The van der Waals surface area contributed by atoms with Crippen LogP contribution in [0.1, 0.15) is 32.1 Å². The van der Waals surface area contributed by atoms with Gasteiger partial charge in [0.1, 0.15) is 11.6 Å². The first-order chi connectivity index (χ1) is 14.7. The average molecular weight is 431 g/mol. The molecule has 3 N–H and O–H groups in total. The van der Waals surface area contributed by atoms with E-state index in [1.54, 1.807) is 18.5 Å². The van der Waals surface area contributed by atoms with Crippen molar-refractivity contribution in [3.63, 3.8) is 0 Å². The number of nitrogens with zero attached hydrogens (tertiary/aromatic N) is 3. The fourth-order valence-electron chi connectivity index (χ4n) is 3.77. The molecule has 2 aromatic rings. The van der Waals surface area contributed by atoms with Gasteiger partial charge < -0.3 is 20.7 Å². The molecule has 1 amide bonds. The van der Waals surface area contributed by atoms with Gasteiger partial charge in [0.2, 0.25) is 5.91 Å². The second-order valence-electron chi connectivity index (χ2n) is 7.74. The lowest BCUT2D eigenvalue weighted by molar-refractivity contribution is -0.120. The second-order valence-corrected chi connectivity index (χ2v) is 8.15. The normalized spacial score (nSPS) is 21.8. The zero-order valence-electron chi connectivity index (χ0n) is 16.9. The highest BCUT2D eigenvalue weighted by Crippen LogP contribution is 2.28. The maximum absolute atomic E-state index is 12.5. The number of nitrogens with one attached hydrogen (secondary N) is 3. The molecule has 2 atom stereocenters. The highest BCUT2D eigenvalue weighted by Gasteiger charge is 2.21. The number of hydrogen-bond donors (Lipinski definition) is 3. The molecular formula is C21H27ClN6O2. The van der Waals surface area contributed by atoms with E-state index in [2.05, 4.69) is 30.9 Å². The van der Waals surface area contributed by atoms with Crippen LogP contribution in [0.2, 0.25) is 5.02 Å². The Morgan fingerprint density at radius 2 is 2.13 bits per heavy atom. The van der Waals surface area contributed by atoms with Crippen LogP contribution in [0.3, 0.4) is 0 Å².